The van der Waals surface area contributed by atoms with Crippen molar-refractivity contribution < 1.29 is 9.47 Å². The number of nitrogens with two attached hydrogens (primary N) is 1. The molecule has 3 rings (SSSR count). The third-order valence-electron chi connectivity index (χ3n) is 5.62. The molecule has 2 atom stereocenters. The van der Waals surface area contributed by atoms with Gasteiger partial charge in [-0.2, -0.15) is 15.8 Å². The number of fused-ring (bicyclic) bond motifs is 1. The highest BCUT2D eigenvalue weighted by molar-refractivity contribution is 5.62. The van der Waals surface area contributed by atoms with Gasteiger partial charge in [-0.25, -0.2) is 0 Å². The molecule has 2 aliphatic rings. The van der Waals surface area contributed by atoms with Crippen LogP contribution in [0.2, 0.25) is 0 Å². The predicted molar refractivity (Wildman–Crippen MR) is 102 cm³/mol. The van der Waals surface area contributed by atoms with Gasteiger partial charge in [-0.1, -0.05) is 18.2 Å². The van der Waals surface area contributed by atoms with Crippen LogP contribution in [0.15, 0.2) is 41.1 Å². The van der Waals surface area contributed by atoms with Crippen molar-refractivity contribution in [2.75, 3.05) is 34.4 Å². The smallest absolute Gasteiger partial charge is 0.191 e. The third-order valence-corrected chi connectivity index (χ3v) is 5.62. The highest BCUT2D eigenvalue weighted by atomic mass is 16.5. The maximum atomic E-state index is 10.1. The first-order valence-electron chi connectivity index (χ1n) is 8.81. The van der Waals surface area contributed by atoms with Gasteiger partial charge >= 0.3 is 0 Å². The van der Waals surface area contributed by atoms with Crippen LogP contribution < -0.4 is 15.2 Å². The van der Waals surface area contributed by atoms with Gasteiger partial charge in [0.05, 0.1) is 37.6 Å². The molecule has 7 heteroatoms. The summed E-state index contributed by atoms with van der Waals surface area (Å²) in [6.45, 7) is 1.25. The third kappa shape index (κ3) is 2.59. The Hall–Kier alpha value is -3.47. The number of methoxy groups -OCH3 is 2. The lowest BCUT2D eigenvalue weighted by Crippen LogP contribution is -2.47. The molecular weight excluding hydrogens is 354 g/mol. The number of ether oxygens (including phenoxy) is 2. The van der Waals surface area contributed by atoms with Gasteiger partial charge in [-0.15, -0.1) is 0 Å². The van der Waals surface area contributed by atoms with E-state index in [1.807, 2.05) is 19.2 Å². The topological polar surface area (TPSA) is 119 Å². The van der Waals surface area contributed by atoms with Crippen LogP contribution in [0.25, 0.3) is 0 Å². The molecule has 0 spiro atoms. The predicted octanol–water partition coefficient (Wildman–Crippen LogP) is 2.06. The molecule has 7 nitrogen and oxygen atoms in total. The summed E-state index contributed by atoms with van der Waals surface area (Å²) in [7, 11) is 5.02. The molecule has 0 saturated carbocycles. The van der Waals surface area contributed by atoms with Crippen molar-refractivity contribution in [3.63, 3.8) is 0 Å². The van der Waals surface area contributed by atoms with E-state index < -0.39 is 11.3 Å². The largest absolute Gasteiger partial charge is 0.493 e. The molecule has 0 saturated heterocycles. The Bertz CT molecular complexity index is 976. The van der Waals surface area contributed by atoms with Crippen LogP contribution in [-0.2, 0) is 0 Å². The molecule has 1 aliphatic carbocycles. The Balaban J connectivity index is 2.39. The number of para-hydroxylation sites is 1. The van der Waals surface area contributed by atoms with Crippen LogP contribution in [0.3, 0.4) is 0 Å². The second-order valence-electron chi connectivity index (χ2n) is 6.98. The number of hydrogen-bond acceptors (Lipinski definition) is 7. The Morgan fingerprint density at radius 1 is 1.18 bits per heavy atom. The van der Waals surface area contributed by atoms with Crippen molar-refractivity contribution in [2.24, 2.45) is 17.1 Å². The minimum Gasteiger partial charge on any atom is -0.493 e. The minimum atomic E-state index is -1.69. The van der Waals surface area contributed by atoms with Gasteiger partial charge in [0, 0.05) is 30.5 Å². The lowest BCUT2D eigenvalue weighted by molar-refractivity contribution is 0.233. The fraction of sp³-hybridized carbons (Fsp3) is 0.381. The summed E-state index contributed by atoms with van der Waals surface area (Å²) in [5.74, 6) is 0.0958. The molecule has 0 bridgehead atoms. The molecule has 1 aromatic rings. The van der Waals surface area contributed by atoms with Gasteiger partial charge < -0.3 is 20.1 Å². The summed E-state index contributed by atoms with van der Waals surface area (Å²) in [5.41, 5.74) is 6.30. The number of likely N-dealkylation sites (N-methyl/N-ethyl adjacent to an activating group) is 1. The van der Waals surface area contributed by atoms with Crippen molar-refractivity contribution >= 4 is 0 Å². The molecule has 1 aliphatic heterocycles. The van der Waals surface area contributed by atoms with Crippen molar-refractivity contribution in [1.29, 1.82) is 15.8 Å². The van der Waals surface area contributed by atoms with Gasteiger partial charge in [0.15, 0.2) is 16.9 Å². The minimum absolute atomic E-state index is 0.00178. The molecule has 142 valence electrons. The van der Waals surface area contributed by atoms with Gasteiger partial charge in [0.1, 0.15) is 6.07 Å². The van der Waals surface area contributed by atoms with E-state index in [0.29, 0.717) is 30.2 Å². The highest BCUT2D eigenvalue weighted by Crippen LogP contribution is 2.56. The standard InChI is InChI=1S/C21H21N5O2/c1-26-8-7-13-15(9-22)20(25)21(11-23,12-24)18(16(13)10-26)14-5-4-6-17(27-2)19(14)28-3/h4-7,16,18H,8,10,25H2,1-3H3/t16-,18-/m0/s1. The fourth-order valence-corrected chi connectivity index (χ4v) is 4.32. The van der Waals surface area contributed by atoms with Crippen LogP contribution in [0.5, 0.6) is 11.5 Å². The maximum Gasteiger partial charge on any atom is 0.191 e. The summed E-state index contributed by atoms with van der Waals surface area (Å²) in [5, 5.41) is 29.9. The molecule has 28 heavy (non-hydrogen) atoms. The number of allylic oxidation sites excluding steroid dienone is 2. The van der Waals surface area contributed by atoms with Crippen LogP contribution in [-0.4, -0.2) is 39.3 Å². The van der Waals surface area contributed by atoms with E-state index in [1.54, 1.807) is 12.1 Å². The van der Waals surface area contributed by atoms with E-state index >= 15 is 0 Å². The first kappa shape index (κ1) is 19.3. The monoisotopic (exact) mass is 375 g/mol. The van der Waals surface area contributed by atoms with E-state index in [1.165, 1.54) is 14.2 Å². The van der Waals surface area contributed by atoms with Crippen molar-refractivity contribution in [3.8, 4) is 29.7 Å². The molecule has 1 heterocycles. The quantitative estimate of drug-likeness (QED) is 0.858. The molecule has 0 fully saturated rings. The lowest BCUT2D eigenvalue weighted by atomic mass is 9.58. The van der Waals surface area contributed by atoms with E-state index in [2.05, 4.69) is 23.1 Å². The second kappa shape index (κ2) is 7.27. The summed E-state index contributed by atoms with van der Waals surface area (Å²) in [6, 6.07) is 11.8. The molecule has 0 amide bonds. The molecule has 1 aromatic carbocycles. The average Bonchev–Trinajstić information content (AvgIpc) is 2.72. The zero-order chi connectivity index (χ0) is 20.5. The Kier molecular flexibility index (Phi) is 5.01. The molecule has 0 radical (unpaired) electrons. The highest BCUT2D eigenvalue weighted by Gasteiger charge is 2.55. The van der Waals surface area contributed by atoms with Crippen LogP contribution >= 0.6 is 0 Å². The van der Waals surface area contributed by atoms with Crippen LogP contribution in [0, 0.1) is 45.3 Å². The van der Waals surface area contributed by atoms with Gasteiger partial charge in [-0.05, 0) is 18.7 Å². The average molecular weight is 375 g/mol. The lowest BCUT2D eigenvalue weighted by Gasteiger charge is -2.45. The maximum absolute atomic E-state index is 10.1. The van der Waals surface area contributed by atoms with Gasteiger partial charge in [0.2, 0.25) is 0 Å². The fourth-order valence-electron chi connectivity index (χ4n) is 4.32. The van der Waals surface area contributed by atoms with E-state index in [9.17, 15) is 15.8 Å². The summed E-state index contributed by atoms with van der Waals surface area (Å²) in [6.07, 6.45) is 1.96. The molecule has 2 N–H and O–H groups in total. The zero-order valence-electron chi connectivity index (χ0n) is 16.1. The SMILES string of the molecule is COc1cccc([C@H]2[C@H]3CN(C)CC=C3C(C#N)=C(N)C2(C#N)C#N)c1OC. The molecule has 0 unspecified atom stereocenters. The summed E-state index contributed by atoms with van der Waals surface area (Å²) < 4.78 is 11.0. The number of rotatable bonds is 3. The van der Waals surface area contributed by atoms with Crippen molar-refractivity contribution in [2.45, 2.75) is 5.92 Å². The molecular formula is C21H21N5O2. The Morgan fingerprint density at radius 2 is 1.89 bits per heavy atom. The van der Waals surface area contributed by atoms with Crippen LogP contribution in [0.1, 0.15) is 11.5 Å². The Morgan fingerprint density at radius 3 is 2.46 bits per heavy atom. The van der Waals surface area contributed by atoms with E-state index in [4.69, 9.17) is 15.2 Å². The van der Waals surface area contributed by atoms with Gasteiger partial charge in [0.25, 0.3) is 0 Å². The number of benzene rings is 1. The summed E-state index contributed by atoms with van der Waals surface area (Å²) >= 11 is 0. The van der Waals surface area contributed by atoms with Crippen molar-refractivity contribution in [3.05, 3.63) is 46.7 Å². The van der Waals surface area contributed by atoms with E-state index in [0.717, 1.165) is 5.57 Å². The zero-order valence-corrected chi connectivity index (χ0v) is 16.1. The van der Waals surface area contributed by atoms with Crippen LogP contribution in [0.4, 0.5) is 0 Å². The van der Waals surface area contributed by atoms with Crippen molar-refractivity contribution in [1.82, 2.24) is 4.90 Å². The number of nitriles is 3. The Labute approximate surface area is 164 Å². The first-order chi connectivity index (χ1) is 13.5. The normalized spacial score (nSPS) is 23.5. The summed E-state index contributed by atoms with van der Waals surface area (Å²) in [4.78, 5) is 2.09. The second-order valence-corrected chi connectivity index (χ2v) is 6.98. The van der Waals surface area contributed by atoms with Gasteiger partial charge in [-0.3, -0.25) is 0 Å². The van der Waals surface area contributed by atoms with E-state index in [-0.39, 0.29) is 17.2 Å². The number of nitrogens with zero attached hydrogens (tertiary/aromatic N) is 4. The number of hydrogen-bond donors (Lipinski definition) is 1. The molecule has 0 aromatic heterocycles. The first-order valence-corrected chi connectivity index (χ1v) is 8.81.